The molecular formula is C19H16N2O3S. The molecular weight excluding hydrogens is 336 g/mol. The van der Waals surface area contributed by atoms with E-state index in [1.54, 1.807) is 48.8 Å². The number of carbonyl (C=O) groups is 1. The second-order valence-corrected chi connectivity index (χ2v) is 7.15. The van der Waals surface area contributed by atoms with Gasteiger partial charge in [-0.2, -0.15) is 0 Å². The molecule has 0 atom stereocenters. The number of nitrogens with zero attached hydrogens (tertiary/aromatic N) is 1. The fourth-order valence-electron chi connectivity index (χ4n) is 2.45. The summed E-state index contributed by atoms with van der Waals surface area (Å²) in [5.74, 6) is -0.202. The number of nitrogens with one attached hydrogen (secondary N) is 1. The maximum absolute atomic E-state index is 12.6. The number of sulfonamides is 1. The van der Waals surface area contributed by atoms with E-state index in [1.165, 1.54) is 19.1 Å². The number of ketones is 1. The first kappa shape index (κ1) is 16.9. The Kier molecular flexibility index (Phi) is 4.63. The van der Waals surface area contributed by atoms with E-state index in [9.17, 15) is 13.2 Å². The van der Waals surface area contributed by atoms with Crippen molar-refractivity contribution >= 4 is 21.5 Å². The average Bonchev–Trinajstić information content (AvgIpc) is 2.62. The topological polar surface area (TPSA) is 76.1 Å². The summed E-state index contributed by atoms with van der Waals surface area (Å²) in [6.45, 7) is 1.40. The molecule has 126 valence electrons. The number of carbonyl (C=O) groups excluding carboxylic acids is 1. The molecule has 5 nitrogen and oxygen atoms in total. The van der Waals surface area contributed by atoms with Crippen LogP contribution < -0.4 is 4.72 Å². The third-order valence-electron chi connectivity index (χ3n) is 3.73. The fourth-order valence-corrected chi connectivity index (χ4v) is 3.53. The van der Waals surface area contributed by atoms with E-state index in [2.05, 4.69) is 9.71 Å². The van der Waals surface area contributed by atoms with Gasteiger partial charge in [0.2, 0.25) is 0 Å². The van der Waals surface area contributed by atoms with Crippen LogP contribution in [0.2, 0.25) is 0 Å². The highest BCUT2D eigenvalue weighted by atomic mass is 32.2. The van der Waals surface area contributed by atoms with Crippen molar-refractivity contribution in [3.8, 4) is 11.1 Å². The Labute approximate surface area is 146 Å². The van der Waals surface area contributed by atoms with Gasteiger partial charge in [0.05, 0.1) is 10.6 Å². The molecule has 0 amide bonds. The van der Waals surface area contributed by atoms with Gasteiger partial charge in [-0.25, -0.2) is 8.42 Å². The number of Topliss-reactive ketones (excluding diaryl/α,β-unsaturated/α-hetero) is 1. The zero-order valence-electron chi connectivity index (χ0n) is 13.5. The lowest BCUT2D eigenvalue weighted by molar-refractivity contribution is 0.101. The van der Waals surface area contributed by atoms with E-state index >= 15 is 0 Å². The number of pyridine rings is 1. The summed E-state index contributed by atoms with van der Waals surface area (Å²) in [7, 11) is -3.78. The first-order chi connectivity index (χ1) is 12.0. The summed E-state index contributed by atoms with van der Waals surface area (Å²) in [4.78, 5) is 15.7. The predicted molar refractivity (Wildman–Crippen MR) is 96.9 cm³/mol. The molecule has 0 radical (unpaired) electrons. The number of para-hydroxylation sites is 1. The minimum atomic E-state index is -3.78. The average molecular weight is 352 g/mol. The van der Waals surface area contributed by atoms with Gasteiger partial charge in [0, 0.05) is 18.0 Å². The number of hydrogen-bond acceptors (Lipinski definition) is 4. The smallest absolute Gasteiger partial charge is 0.261 e. The zero-order chi connectivity index (χ0) is 17.9. The highest BCUT2D eigenvalue weighted by Crippen LogP contribution is 2.23. The van der Waals surface area contributed by atoms with Gasteiger partial charge in [0.25, 0.3) is 10.0 Å². The lowest BCUT2D eigenvalue weighted by Gasteiger charge is -2.11. The van der Waals surface area contributed by atoms with Gasteiger partial charge in [0.15, 0.2) is 5.78 Å². The predicted octanol–water partition coefficient (Wildman–Crippen LogP) is 3.75. The highest BCUT2D eigenvalue weighted by molar-refractivity contribution is 7.92. The largest absolute Gasteiger partial charge is 0.294 e. The second kappa shape index (κ2) is 6.86. The van der Waals surface area contributed by atoms with E-state index in [0.29, 0.717) is 5.56 Å². The lowest BCUT2D eigenvalue weighted by Crippen LogP contribution is -2.15. The monoisotopic (exact) mass is 352 g/mol. The second-order valence-electron chi connectivity index (χ2n) is 5.47. The molecule has 6 heteroatoms. The molecule has 0 bridgehead atoms. The van der Waals surface area contributed by atoms with Crippen molar-refractivity contribution in [2.75, 3.05) is 4.72 Å². The van der Waals surface area contributed by atoms with Crippen molar-refractivity contribution < 1.29 is 13.2 Å². The van der Waals surface area contributed by atoms with Gasteiger partial charge < -0.3 is 0 Å². The summed E-state index contributed by atoms with van der Waals surface area (Å²) in [6, 6.07) is 16.8. The van der Waals surface area contributed by atoms with E-state index in [1.807, 2.05) is 12.1 Å². The van der Waals surface area contributed by atoms with Gasteiger partial charge >= 0.3 is 0 Å². The summed E-state index contributed by atoms with van der Waals surface area (Å²) in [5, 5.41) is 0. The van der Waals surface area contributed by atoms with Crippen molar-refractivity contribution in [1.82, 2.24) is 4.98 Å². The number of benzene rings is 2. The van der Waals surface area contributed by atoms with Crippen molar-refractivity contribution in [2.24, 2.45) is 0 Å². The van der Waals surface area contributed by atoms with Gasteiger partial charge in [-0.1, -0.05) is 24.3 Å². The summed E-state index contributed by atoms with van der Waals surface area (Å²) in [6.07, 6.45) is 3.36. The van der Waals surface area contributed by atoms with Crippen LogP contribution in [-0.2, 0) is 10.0 Å². The number of hydrogen-bond donors (Lipinski definition) is 1. The van der Waals surface area contributed by atoms with Crippen LogP contribution in [0.15, 0.2) is 78.0 Å². The van der Waals surface area contributed by atoms with Crippen LogP contribution in [-0.4, -0.2) is 19.2 Å². The molecule has 3 rings (SSSR count). The van der Waals surface area contributed by atoms with Gasteiger partial charge in [-0.05, 0) is 54.4 Å². The third-order valence-corrected chi connectivity index (χ3v) is 5.11. The Morgan fingerprint density at radius 3 is 2.12 bits per heavy atom. The van der Waals surface area contributed by atoms with Crippen molar-refractivity contribution in [1.29, 1.82) is 0 Å². The van der Waals surface area contributed by atoms with Crippen molar-refractivity contribution in [2.45, 2.75) is 11.8 Å². The standard InChI is InChI=1S/C19H16N2O3S/c1-14(22)18-4-2-3-5-19(18)21-25(23,24)17-8-6-15(7-9-17)16-10-12-20-13-11-16/h2-13,21H,1H3. The maximum atomic E-state index is 12.6. The van der Waals surface area contributed by atoms with E-state index in [4.69, 9.17) is 0 Å². The van der Waals surface area contributed by atoms with E-state index < -0.39 is 10.0 Å². The first-order valence-electron chi connectivity index (χ1n) is 7.60. The van der Waals surface area contributed by atoms with Crippen LogP contribution in [0.3, 0.4) is 0 Å². The summed E-state index contributed by atoms with van der Waals surface area (Å²) < 4.78 is 27.7. The molecule has 0 aliphatic heterocycles. The number of aromatic nitrogens is 1. The van der Waals surface area contributed by atoms with E-state index in [0.717, 1.165) is 11.1 Å². The third kappa shape index (κ3) is 3.75. The lowest BCUT2D eigenvalue weighted by atomic mass is 10.1. The molecule has 3 aromatic rings. The Morgan fingerprint density at radius 1 is 0.880 bits per heavy atom. The minimum absolute atomic E-state index is 0.128. The Bertz CT molecular complexity index is 998. The molecule has 0 saturated heterocycles. The highest BCUT2D eigenvalue weighted by Gasteiger charge is 2.17. The van der Waals surface area contributed by atoms with Crippen LogP contribution >= 0.6 is 0 Å². The molecule has 1 N–H and O–H groups in total. The minimum Gasteiger partial charge on any atom is -0.294 e. The molecule has 0 aliphatic carbocycles. The van der Waals surface area contributed by atoms with Gasteiger partial charge in [-0.15, -0.1) is 0 Å². The molecule has 2 aromatic carbocycles. The molecule has 0 fully saturated rings. The summed E-state index contributed by atoms with van der Waals surface area (Å²) >= 11 is 0. The normalized spacial score (nSPS) is 11.1. The number of anilines is 1. The number of rotatable bonds is 5. The molecule has 0 saturated carbocycles. The Balaban J connectivity index is 1.90. The Hall–Kier alpha value is -2.99. The van der Waals surface area contributed by atoms with Crippen LogP contribution in [0.5, 0.6) is 0 Å². The van der Waals surface area contributed by atoms with Crippen LogP contribution in [0, 0.1) is 0 Å². The van der Waals surface area contributed by atoms with Crippen molar-refractivity contribution in [3.63, 3.8) is 0 Å². The SMILES string of the molecule is CC(=O)c1ccccc1NS(=O)(=O)c1ccc(-c2ccncc2)cc1. The van der Waals surface area contributed by atoms with Crippen LogP contribution in [0.25, 0.3) is 11.1 Å². The molecule has 25 heavy (non-hydrogen) atoms. The zero-order valence-corrected chi connectivity index (χ0v) is 14.3. The van der Waals surface area contributed by atoms with Gasteiger partial charge in [-0.3, -0.25) is 14.5 Å². The van der Waals surface area contributed by atoms with Crippen LogP contribution in [0.1, 0.15) is 17.3 Å². The molecule has 0 unspecified atom stereocenters. The molecule has 0 aliphatic rings. The van der Waals surface area contributed by atoms with Gasteiger partial charge in [0.1, 0.15) is 0 Å². The molecule has 1 aromatic heterocycles. The first-order valence-corrected chi connectivity index (χ1v) is 9.09. The fraction of sp³-hybridized carbons (Fsp3) is 0.0526. The van der Waals surface area contributed by atoms with E-state index in [-0.39, 0.29) is 16.4 Å². The van der Waals surface area contributed by atoms with Crippen LogP contribution in [0.4, 0.5) is 5.69 Å². The molecule has 1 heterocycles. The van der Waals surface area contributed by atoms with Crippen molar-refractivity contribution in [3.05, 3.63) is 78.6 Å². The molecule has 0 spiro atoms. The maximum Gasteiger partial charge on any atom is 0.261 e. The Morgan fingerprint density at radius 2 is 1.48 bits per heavy atom. The quantitative estimate of drug-likeness (QED) is 0.710. The summed E-state index contributed by atoms with van der Waals surface area (Å²) in [5.41, 5.74) is 2.45.